The van der Waals surface area contributed by atoms with Crippen LogP contribution in [0.3, 0.4) is 0 Å². The van der Waals surface area contributed by atoms with Crippen LogP contribution in [0, 0.1) is 5.92 Å². The molecular weight excluding hydrogens is 254 g/mol. The fourth-order valence-corrected chi connectivity index (χ4v) is 4.22. The number of nitrogens with one attached hydrogen (secondary N) is 1. The van der Waals surface area contributed by atoms with Gasteiger partial charge >= 0.3 is 0 Å². The molecule has 3 N–H and O–H groups in total. The van der Waals surface area contributed by atoms with Gasteiger partial charge in [0.2, 0.25) is 11.8 Å². The number of nitrogens with two attached hydrogens (primary N) is 1. The van der Waals surface area contributed by atoms with Crippen molar-refractivity contribution in [3.8, 4) is 0 Å². The van der Waals surface area contributed by atoms with Crippen molar-refractivity contribution in [3.05, 3.63) is 0 Å². The summed E-state index contributed by atoms with van der Waals surface area (Å²) in [6.07, 6.45) is 8.74. The van der Waals surface area contributed by atoms with Gasteiger partial charge in [0.05, 0.1) is 6.04 Å². The van der Waals surface area contributed by atoms with Crippen molar-refractivity contribution in [2.45, 2.75) is 69.5 Å². The number of hydrogen-bond acceptors (Lipinski definition) is 3. The van der Waals surface area contributed by atoms with Crippen LogP contribution in [0.25, 0.3) is 0 Å². The van der Waals surface area contributed by atoms with Gasteiger partial charge in [-0.05, 0) is 44.4 Å². The molecular formula is C15H25N3O2. The van der Waals surface area contributed by atoms with Crippen LogP contribution in [-0.2, 0) is 9.59 Å². The van der Waals surface area contributed by atoms with E-state index < -0.39 is 0 Å². The first-order valence-electron chi connectivity index (χ1n) is 8.02. The van der Waals surface area contributed by atoms with Crippen LogP contribution in [0.5, 0.6) is 0 Å². The summed E-state index contributed by atoms with van der Waals surface area (Å²) in [6, 6.07) is 0.0174. The molecule has 1 saturated carbocycles. The number of carbonyl (C=O) groups is 2. The zero-order valence-electron chi connectivity index (χ0n) is 12.0. The van der Waals surface area contributed by atoms with Gasteiger partial charge in [0.1, 0.15) is 6.04 Å². The monoisotopic (exact) mass is 279 g/mol. The fraction of sp³-hybridized carbons (Fsp3) is 0.867. The molecule has 20 heavy (non-hydrogen) atoms. The normalized spacial score (nSPS) is 37.5. The number of fused-ring (bicyclic) bond motifs is 1. The van der Waals surface area contributed by atoms with E-state index in [0.29, 0.717) is 12.6 Å². The molecule has 0 spiro atoms. The second kappa shape index (κ2) is 5.72. The molecule has 2 saturated heterocycles. The molecule has 3 fully saturated rings. The summed E-state index contributed by atoms with van der Waals surface area (Å²) >= 11 is 0. The molecule has 4 unspecified atom stereocenters. The Morgan fingerprint density at radius 3 is 2.60 bits per heavy atom. The Balaban J connectivity index is 1.64. The summed E-state index contributed by atoms with van der Waals surface area (Å²) in [5, 5.41) is 3.55. The smallest absolute Gasteiger partial charge is 0.240 e. The van der Waals surface area contributed by atoms with Crippen molar-refractivity contribution in [1.29, 1.82) is 0 Å². The highest BCUT2D eigenvalue weighted by molar-refractivity contribution is 5.89. The second-order valence-electron chi connectivity index (χ2n) is 6.54. The van der Waals surface area contributed by atoms with Gasteiger partial charge in [0.15, 0.2) is 0 Å². The first kappa shape index (κ1) is 13.9. The number of likely N-dealkylation sites (tertiary alicyclic amines) is 1. The van der Waals surface area contributed by atoms with Crippen molar-refractivity contribution in [1.82, 2.24) is 10.2 Å². The summed E-state index contributed by atoms with van der Waals surface area (Å²) in [4.78, 5) is 25.8. The SMILES string of the molecule is NC(=O)C1CCCN1C(=O)C1CCC2CCCCC2N1. The molecule has 2 heterocycles. The zero-order chi connectivity index (χ0) is 14.1. The number of primary amides is 1. The van der Waals surface area contributed by atoms with Crippen molar-refractivity contribution in [3.63, 3.8) is 0 Å². The lowest BCUT2D eigenvalue weighted by molar-refractivity contribution is -0.140. The molecule has 3 aliphatic rings. The van der Waals surface area contributed by atoms with Gasteiger partial charge in [-0.15, -0.1) is 0 Å². The van der Waals surface area contributed by atoms with E-state index in [2.05, 4.69) is 5.32 Å². The molecule has 2 aliphatic heterocycles. The first-order chi connectivity index (χ1) is 9.66. The molecule has 2 amide bonds. The molecule has 1 aliphatic carbocycles. The van der Waals surface area contributed by atoms with Crippen molar-refractivity contribution in [2.24, 2.45) is 11.7 Å². The Kier molecular flexibility index (Phi) is 3.96. The van der Waals surface area contributed by atoms with Gasteiger partial charge < -0.3 is 16.0 Å². The van der Waals surface area contributed by atoms with Crippen LogP contribution in [0.1, 0.15) is 51.4 Å². The topological polar surface area (TPSA) is 75.4 Å². The summed E-state index contributed by atoms with van der Waals surface area (Å²) < 4.78 is 0. The molecule has 5 heteroatoms. The zero-order valence-corrected chi connectivity index (χ0v) is 12.0. The number of nitrogens with zero attached hydrogens (tertiary/aromatic N) is 1. The van der Waals surface area contributed by atoms with Gasteiger partial charge in [-0.25, -0.2) is 0 Å². The number of piperidine rings is 1. The van der Waals surface area contributed by atoms with Gasteiger partial charge in [-0.3, -0.25) is 9.59 Å². The molecule has 3 rings (SSSR count). The predicted molar refractivity (Wildman–Crippen MR) is 75.8 cm³/mol. The summed E-state index contributed by atoms with van der Waals surface area (Å²) in [6.45, 7) is 0.679. The maximum atomic E-state index is 12.6. The average Bonchev–Trinajstić information content (AvgIpc) is 2.95. The Morgan fingerprint density at radius 1 is 1.00 bits per heavy atom. The third-order valence-corrected chi connectivity index (χ3v) is 5.31. The summed E-state index contributed by atoms with van der Waals surface area (Å²) in [5.41, 5.74) is 5.41. The van der Waals surface area contributed by atoms with Crippen LogP contribution < -0.4 is 11.1 Å². The van der Waals surface area contributed by atoms with Crippen molar-refractivity contribution < 1.29 is 9.59 Å². The minimum atomic E-state index is -0.381. The quantitative estimate of drug-likeness (QED) is 0.784. The Bertz CT molecular complexity index is 399. The molecule has 0 aromatic heterocycles. The first-order valence-corrected chi connectivity index (χ1v) is 8.02. The molecule has 0 bridgehead atoms. The van der Waals surface area contributed by atoms with E-state index >= 15 is 0 Å². The maximum absolute atomic E-state index is 12.6. The Hall–Kier alpha value is -1.10. The lowest BCUT2D eigenvalue weighted by Crippen LogP contribution is -2.57. The lowest BCUT2D eigenvalue weighted by atomic mass is 9.77. The Morgan fingerprint density at radius 2 is 1.80 bits per heavy atom. The van der Waals surface area contributed by atoms with E-state index in [1.165, 1.54) is 25.7 Å². The Labute approximate surface area is 120 Å². The predicted octanol–water partition coefficient (Wildman–Crippen LogP) is 0.773. The highest BCUT2D eigenvalue weighted by Gasteiger charge is 2.40. The van der Waals surface area contributed by atoms with E-state index in [4.69, 9.17) is 5.73 Å². The minimum Gasteiger partial charge on any atom is -0.368 e. The largest absolute Gasteiger partial charge is 0.368 e. The third kappa shape index (κ3) is 2.55. The highest BCUT2D eigenvalue weighted by Crippen LogP contribution is 2.33. The molecule has 0 radical (unpaired) electrons. The standard InChI is InChI=1S/C15H25N3O2/c16-14(19)13-6-3-9-18(13)15(20)12-8-7-10-4-1-2-5-11(10)17-12/h10-13,17H,1-9H2,(H2,16,19). The van der Waals surface area contributed by atoms with Crippen LogP contribution in [0.4, 0.5) is 0 Å². The third-order valence-electron chi connectivity index (χ3n) is 5.31. The summed E-state index contributed by atoms with van der Waals surface area (Å²) in [5.74, 6) is 0.482. The van der Waals surface area contributed by atoms with E-state index in [0.717, 1.165) is 31.6 Å². The molecule has 0 aromatic rings. The molecule has 4 atom stereocenters. The second-order valence-corrected chi connectivity index (χ2v) is 6.54. The van der Waals surface area contributed by atoms with Gasteiger partial charge in [-0.1, -0.05) is 12.8 Å². The van der Waals surface area contributed by atoms with Crippen LogP contribution in [0.15, 0.2) is 0 Å². The van der Waals surface area contributed by atoms with Gasteiger partial charge in [0.25, 0.3) is 0 Å². The van der Waals surface area contributed by atoms with E-state index in [1.807, 2.05) is 0 Å². The van der Waals surface area contributed by atoms with Gasteiger partial charge in [0, 0.05) is 12.6 Å². The van der Waals surface area contributed by atoms with Crippen molar-refractivity contribution in [2.75, 3.05) is 6.54 Å². The maximum Gasteiger partial charge on any atom is 0.240 e. The van der Waals surface area contributed by atoms with Crippen LogP contribution in [-0.4, -0.2) is 41.4 Å². The van der Waals surface area contributed by atoms with E-state index in [1.54, 1.807) is 4.90 Å². The number of rotatable bonds is 2. The van der Waals surface area contributed by atoms with Crippen LogP contribution >= 0.6 is 0 Å². The van der Waals surface area contributed by atoms with Crippen LogP contribution in [0.2, 0.25) is 0 Å². The van der Waals surface area contributed by atoms with E-state index in [9.17, 15) is 9.59 Å². The molecule has 0 aromatic carbocycles. The molecule has 5 nitrogen and oxygen atoms in total. The summed E-state index contributed by atoms with van der Waals surface area (Å²) in [7, 11) is 0. The van der Waals surface area contributed by atoms with Crippen molar-refractivity contribution >= 4 is 11.8 Å². The van der Waals surface area contributed by atoms with Gasteiger partial charge in [-0.2, -0.15) is 0 Å². The number of amides is 2. The molecule has 112 valence electrons. The number of carbonyl (C=O) groups excluding carboxylic acids is 2. The minimum absolute atomic E-state index is 0.0929. The van der Waals surface area contributed by atoms with E-state index in [-0.39, 0.29) is 23.9 Å². The number of hydrogen-bond donors (Lipinski definition) is 2. The fourth-order valence-electron chi connectivity index (χ4n) is 4.22. The lowest BCUT2D eigenvalue weighted by Gasteiger charge is -2.41. The highest BCUT2D eigenvalue weighted by atomic mass is 16.2. The average molecular weight is 279 g/mol.